The molecule has 0 saturated heterocycles. The van der Waals surface area contributed by atoms with Gasteiger partial charge >= 0.3 is 11.9 Å². The number of aliphatic carboxylic acids is 1. The SMILES string of the molecule is CCCCCC/C=C\CCCCCC(=O)O[C@H](CC(=O)O)C[N+](C)(C)C. The number of hydrogen-bond donors (Lipinski definition) is 1. The Labute approximate surface area is 160 Å². The number of quaternary nitrogens is 1. The molecule has 0 amide bonds. The van der Waals surface area contributed by atoms with Gasteiger partial charge in [-0.3, -0.25) is 9.59 Å². The third-order valence-electron chi connectivity index (χ3n) is 4.09. The molecule has 152 valence electrons. The Balaban J connectivity index is 3.82. The van der Waals surface area contributed by atoms with Crippen LogP contribution in [-0.4, -0.2) is 55.3 Å². The third kappa shape index (κ3) is 17.5. The minimum absolute atomic E-state index is 0.135. The average molecular weight is 371 g/mol. The Morgan fingerprint density at radius 3 is 2.04 bits per heavy atom. The molecule has 0 aliphatic carbocycles. The highest BCUT2D eigenvalue weighted by atomic mass is 16.5. The van der Waals surface area contributed by atoms with Crippen LogP contribution in [0.25, 0.3) is 0 Å². The molecule has 0 rings (SSSR count). The molecular weight excluding hydrogens is 330 g/mol. The maximum Gasteiger partial charge on any atom is 0.307 e. The molecule has 26 heavy (non-hydrogen) atoms. The van der Waals surface area contributed by atoms with Gasteiger partial charge in [-0.2, -0.15) is 0 Å². The van der Waals surface area contributed by atoms with Gasteiger partial charge in [0.2, 0.25) is 0 Å². The number of esters is 1. The summed E-state index contributed by atoms with van der Waals surface area (Å²) < 4.78 is 5.95. The zero-order valence-corrected chi connectivity index (χ0v) is 17.3. The van der Waals surface area contributed by atoms with Crippen molar-refractivity contribution >= 4 is 11.9 Å². The number of allylic oxidation sites excluding steroid dienone is 2. The monoisotopic (exact) mass is 370 g/mol. The third-order valence-corrected chi connectivity index (χ3v) is 4.09. The first-order valence-electron chi connectivity index (χ1n) is 10.1. The van der Waals surface area contributed by atoms with Gasteiger partial charge in [0.05, 0.1) is 27.6 Å². The number of hydrogen-bond acceptors (Lipinski definition) is 3. The number of carbonyl (C=O) groups excluding carboxylic acids is 1. The van der Waals surface area contributed by atoms with E-state index in [0.717, 1.165) is 25.7 Å². The molecule has 0 heterocycles. The number of unbranched alkanes of at least 4 members (excludes halogenated alkanes) is 7. The van der Waals surface area contributed by atoms with Crippen LogP contribution in [0.5, 0.6) is 0 Å². The number of carboxylic acids is 1. The fourth-order valence-electron chi connectivity index (χ4n) is 2.83. The first kappa shape index (κ1) is 24.6. The molecule has 5 heteroatoms. The van der Waals surface area contributed by atoms with Crippen LogP contribution < -0.4 is 0 Å². The van der Waals surface area contributed by atoms with Crippen LogP contribution >= 0.6 is 0 Å². The molecule has 1 N–H and O–H groups in total. The van der Waals surface area contributed by atoms with Crippen molar-refractivity contribution in [2.75, 3.05) is 27.7 Å². The van der Waals surface area contributed by atoms with E-state index in [9.17, 15) is 9.59 Å². The number of likely N-dealkylation sites (N-methyl/N-ethyl adjacent to an activating group) is 1. The molecule has 1 atom stereocenters. The summed E-state index contributed by atoms with van der Waals surface area (Å²) in [7, 11) is 5.88. The molecule has 0 bridgehead atoms. The van der Waals surface area contributed by atoms with E-state index in [-0.39, 0.29) is 12.4 Å². The van der Waals surface area contributed by atoms with Crippen molar-refractivity contribution in [3.05, 3.63) is 12.2 Å². The summed E-state index contributed by atoms with van der Waals surface area (Å²) >= 11 is 0. The second-order valence-corrected chi connectivity index (χ2v) is 8.10. The van der Waals surface area contributed by atoms with Crippen LogP contribution in [0.4, 0.5) is 0 Å². The number of nitrogens with zero attached hydrogens (tertiary/aromatic N) is 1. The minimum Gasteiger partial charge on any atom is -0.481 e. The minimum atomic E-state index is -0.933. The normalized spacial score (nSPS) is 13.1. The average Bonchev–Trinajstić information content (AvgIpc) is 2.50. The van der Waals surface area contributed by atoms with Gasteiger partial charge in [0.15, 0.2) is 6.10 Å². The summed E-state index contributed by atoms with van der Waals surface area (Å²) in [4.78, 5) is 22.9. The second kappa shape index (κ2) is 14.8. The lowest BCUT2D eigenvalue weighted by Gasteiger charge is -2.28. The predicted molar refractivity (Wildman–Crippen MR) is 106 cm³/mol. The first-order chi connectivity index (χ1) is 12.2. The molecule has 0 unspecified atom stereocenters. The van der Waals surface area contributed by atoms with Gasteiger partial charge in [0, 0.05) is 6.42 Å². The molecule has 0 aliphatic rings. The van der Waals surface area contributed by atoms with E-state index in [0.29, 0.717) is 17.4 Å². The summed E-state index contributed by atoms with van der Waals surface area (Å²) in [6.07, 6.45) is 14.5. The van der Waals surface area contributed by atoms with Crippen molar-refractivity contribution in [1.29, 1.82) is 0 Å². The zero-order valence-electron chi connectivity index (χ0n) is 17.3. The topological polar surface area (TPSA) is 63.6 Å². The second-order valence-electron chi connectivity index (χ2n) is 8.10. The molecule has 5 nitrogen and oxygen atoms in total. The van der Waals surface area contributed by atoms with Crippen molar-refractivity contribution in [3.63, 3.8) is 0 Å². The van der Waals surface area contributed by atoms with Gasteiger partial charge in [-0.1, -0.05) is 44.8 Å². The van der Waals surface area contributed by atoms with E-state index >= 15 is 0 Å². The molecule has 0 saturated carbocycles. The number of ether oxygens (including phenoxy) is 1. The summed E-state index contributed by atoms with van der Waals surface area (Å²) in [6.45, 7) is 2.73. The van der Waals surface area contributed by atoms with Crippen molar-refractivity contribution in [3.8, 4) is 0 Å². The Morgan fingerprint density at radius 2 is 1.54 bits per heavy atom. The fourth-order valence-corrected chi connectivity index (χ4v) is 2.83. The Bertz CT molecular complexity index is 413. The van der Waals surface area contributed by atoms with E-state index in [1.165, 1.54) is 32.1 Å². The molecule has 0 fully saturated rings. The maximum atomic E-state index is 11.9. The molecule has 0 aromatic carbocycles. The number of carboxylic acid groups (broad SMARTS) is 1. The van der Waals surface area contributed by atoms with Crippen LogP contribution in [0.2, 0.25) is 0 Å². The molecule has 0 radical (unpaired) electrons. The molecule has 0 spiro atoms. The fraction of sp³-hybridized carbons (Fsp3) is 0.810. The van der Waals surface area contributed by atoms with E-state index < -0.39 is 12.1 Å². The standard InChI is InChI=1S/C21H39NO4/c1-5-6-7-8-9-10-11-12-13-14-15-16-21(25)26-19(17-20(23)24)18-22(2,3)4/h10-11,19H,5-9,12-18H2,1-4H3/p+1/b11-10-/t19-/m1/s1. The number of rotatable bonds is 16. The Hall–Kier alpha value is -1.36. The largest absolute Gasteiger partial charge is 0.481 e. The van der Waals surface area contributed by atoms with Gasteiger partial charge in [-0.25, -0.2) is 0 Å². The highest BCUT2D eigenvalue weighted by Crippen LogP contribution is 2.10. The first-order valence-corrected chi connectivity index (χ1v) is 10.1. The van der Waals surface area contributed by atoms with E-state index in [4.69, 9.17) is 9.84 Å². The van der Waals surface area contributed by atoms with Crippen LogP contribution in [-0.2, 0) is 14.3 Å². The van der Waals surface area contributed by atoms with Crippen LogP contribution in [0.3, 0.4) is 0 Å². The maximum absolute atomic E-state index is 11.9. The van der Waals surface area contributed by atoms with Crippen LogP contribution in [0.1, 0.15) is 77.6 Å². The van der Waals surface area contributed by atoms with Crippen molar-refractivity contribution in [2.45, 2.75) is 83.7 Å². The summed E-state index contributed by atoms with van der Waals surface area (Å²) in [5, 5.41) is 8.97. The van der Waals surface area contributed by atoms with Gasteiger partial charge in [-0.05, 0) is 32.1 Å². The zero-order chi connectivity index (χ0) is 19.8. The van der Waals surface area contributed by atoms with E-state index in [2.05, 4.69) is 19.1 Å². The highest BCUT2D eigenvalue weighted by Gasteiger charge is 2.24. The van der Waals surface area contributed by atoms with Crippen LogP contribution in [0.15, 0.2) is 12.2 Å². The Kier molecular flexibility index (Phi) is 14.0. The molecule has 0 aromatic rings. The van der Waals surface area contributed by atoms with Gasteiger partial charge in [-0.15, -0.1) is 0 Å². The van der Waals surface area contributed by atoms with Crippen molar-refractivity contribution < 1.29 is 23.9 Å². The lowest BCUT2D eigenvalue weighted by molar-refractivity contribution is -0.873. The Morgan fingerprint density at radius 1 is 0.962 bits per heavy atom. The predicted octanol–water partition coefficient (Wildman–Crippen LogP) is 4.56. The quantitative estimate of drug-likeness (QED) is 0.187. The summed E-state index contributed by atoms with van der Waals surface area (Å²) in [5.74, 6) is -1.21. The highest BCUT2D eigenvalue weighted by molar-refractivity contribution is 5.71. The lowest BCUT2D eigenvalue weighted by atomic mass is 10.1. The van der Waals surface area contributed by atoms with Crippen LogP contribution in [0, 0.1) is 0 Å². The molecule has 0 aliphatic heterocycles. The molecule has 0 aromatic heterocycles. The van der Waals surface area contributed by atoms with E-state index in [1.807, 2.05) is 21.1 Å². The van der Waals surface area contributed by atoms with Gasteiger partial charge in [0.1, 0.15) is 6.54 Å². The van der Waals surface area contributed by atoms with Crippen molar-refractivity contribution in [2.24, 2.45) is 0 Å². The summed E-state index contributed by atoms with van der Waals surface area (Å²) in [5.41, 5.74) is 0. The lowest BCUT2D eigenvalue weighted by Crippen LogP contribution is -2.43. The smallest absolute Gasteiger partial charge is 0.307 e. The van der Waals surface area contributed by atoms with Gasteiger partial charge in [0.25, 0.3) is 0 Å². The van der Waals surface area contributed by atoms with Gasteiger partial charge < -0.3 is 14.3 Å². The molecular formula is C21H40NO4+. The van der Waals surface area contributed by atoms with E-state index in [1.54, 1.807) is 0 Å². The number of carbonyl (C=O) groups is 2. The van der Waals surface area contributed by atoms with Crippen molar-refractivity contribution in [1.82, 2.24) is 0 Å². The summed E-state index contributed by atoms with van der Waals surface area (Å²) in [6, 6.07) is 0.